The summed E-state index contributed by atoms with van der Waals surface area (Å²) in [5, 5.41) is 11.8. The Hall–Kier alpha value is -1.79. The van der Waals surface area contributed by atoms with E-state index in [9.17, 15) is 19.5 Å². The second kappa shape index (κ2) is 7.28. The zero-order valence-electron chi connectivity index (χ0n) is 12.2. The summed E-state index contributed by atoms with van der Waals surface area (Å²) < 4.78 is 0. The number of nitrogens with one attached hydrogen (secondary N) is 1. The fraction of sp³-hybridized carbons (Fsp3) is 0.786. The van der Waals surface area contributed by atoms with E-state index in [2.05, 4.69) is 5.32 Å². The molecule has 118 valence electrons. The van der Waals surface area contributed by atoms with Crippen LogP contribution in [-0.2, 0) is 9.59 Å². The van der Waals surface area contributed by atoms with Crippen LogP contribution in [0, 0.1) is 0 Å². The van der Waals surface area contributed by atoms with E-state index in [-0.39, 0.29) is 12.5 Å². The Balaban J connectivity index is 1.87. The number of carbonyl (C=O) groups excluding carboxylic acids is 2. The molecule has 2 heterocycles. The predicted molar refractivity (Wildman–Crippen MR) is 75.8 cm³/mol. The molecule has 3 amide bonds. The monoisotopic (exact) mass is 297 g/mol. The van der Waals surface area contributed by atoms with Gasteiger partial charge in [0.1, 0.15) is 6.04 Å². The molecular formula is C14H23N3O4. The molecule has 2 aliphatic rings. The molecule has 0 saturated carbocycles. The largest absolute Gasteiger partial charge is 0.480 e. The number of rotatable bonds is 3. The summed E-state index contributed by atoms with van der Waals surface area (Å²) in [6.45, 7) is 1.87. The molecule has 2 aliphatic heterocycles. The van der Waals surface area contributed by atoms with Gasteiger partial charge in [0.15, 0.2) is 0 Å². The van der Waals surface area contributed by atoms with Crippen molar-refractivity contribution in [2.75, 3.05) is 26.2 Å². The SMILES string of the molecule is O=C(O)C1CCCCCN1C(=O)NCC(=O)N1CCCC1. The number of hydrogen-bond donors (Lipinski definition) is 2. The average molecular weight is 297 g/mol. The Morgan fingerprint density at radius 3 is 2.33 bits per heavy atom. The second-order valence-electron chi connectivity index (χ2n) is 5.64. The number of amides is 3. The highest BCUT2D eigenvalue weighted by Crippen LogP contribution is 2.17. The van der Waals surface area contributed by atoms with Crippen LogP contribution >= 0.6 is 0 Å². The van der Waals surface area contributed by atoms with E-state index in [1.54, 1.807) is 4.90 Å². The van der Waals surface area contributed by atoms with Crippen molar-refractivity contribution in [3.05, 3.63) is 0 Å². The first-order valence-corrected chi connectivity index (χ1v) is 7.64. The highest BCUT2D eigenvalue weighted by Gasteiger charge is 2.31. The number of hydrogen-bond acceptors (Lipinski definition) is 3. The third-order valence-corrected chi connectivity index (χ3v) is 4.15. The second-order valence-corrected chi connectivity index (χ2v) is 5.64. The standard InChI is InChI=1S/C14H23N3O4/c18-12(16-7-4-5-8-16)10-15-14(21)17-9-3-1-2-6-11(17)13(19)20/h11H,1-10H2,(H,15,21)(H,19,20). The number of aliphatic carboxylic acids is 1. The molecule has 21 heavy (non-hydrogen) atoms. The molecule has 0 bridgehead atoms. The lowest BCUT2D eigenvalue weighted by Crippen LogP contribution is -2.51. The van der Waals surface area contributed by atoms with Gasteiger partial charge in [-0.25, -0.2) is 9.59 Å². The van der Waals surface area contributed by atoms with Crippen molar-refractivity contribution in [2.24, 2.45) is 0 Å². The quantitative estimate of drug-likeness (QED) is 0.800. The first-order valence-electron chi connectivity index (χ1n) is 7.64. The van der Waals surface area contributed by atoms with Crippen LogP contribution in [0.25, 0.3) is 0 Å². The molecule has 0 aromatic carbocycles. The van der Waals surface area contributed by atoms with Gasteiger partial charge in [-0.2, -0.15) is 0 Å². The van der Waals surface area contributed by atoms with Crippen molar-refractivity contribution in [1.29, 1.82) is 0 Å². The third-order valence-electron chi connectivity index (χ3n) is 4.15. The molecule has 7 nitrogen and oxygen atoms in total. The summed E-state index contributed by atoms with van der Waals surface area (Å²) in [5.41, 5.74) is 0. The number of carbonyl (C=O) groups is 3. The van der Waals surface area contributed by atoms with Gasteiger partial charge in [0.2, 0.25) is 5.91 Å². The van der Waals surface area contributed by atoms with Crippen LogP contribution in [-0.4, -0.2) is 65.0 Å². The van der Waals surface area contributed by atoms with E-state index in [4.69, 9.17) is 0 Å². The smallest absolute Gasteiger partial charge is 0.326 e. The maximum absolute atomic E-state index is 12.2. The van der Waals surface area contributed by atoms with Crippen LogP contribution in [0.2, 0.25) is 0 Å². The van der Waals surface area contributed by atoms with Crippen LogP contribution in [0.5, 0.6) is 0 Å². The lowest BCUT2D eigenvalue weighted by atomic mass is 10.1. The first-order chi connectivity index (χ1) is 10.1. The van der Waals surface area contributed by atoms with E-state index in [0.29, 0.717) is 13.0 Å². The first kappa shape index (κ1) is 15.6. The Morgan fingerprint density at radius 2 is 1.67 bits per heavy atom. The highest BCUT2D eigenvalue weighted by molar-refractivity contribution is 5.86. The lowest BCUT2D eigenvalue weighted by molar-refractivity contribution is -0.142. The minimum atomic E-state index is -0.974. The lowest BCUT2D eigenvalue weighted by Gasteiger charge is -2.27. The molecule has 2 N–H and O–H groups in total. The number of likely N-dealkylation sites (tertiary alicyclic amines) is 2. The molecule has 0 radical (unpaired) electrons. The maximum Gasteiger partial charge on any atom is 0.326 e. The Morgan fingerprint density at radius 1 is 1.00 bits per heavy atom. The van der Waals surface area contributed by atoms with Crippen molar-refractivity contribution >= 4 is 17.9 Å². The Labute approximate surface area is 124 Å². The van der Waals surface area contributed by atoms with Gasteiger partial charge >= 0.3 is 12.0 Å². The van der Waals surface area contributed by atoms with Gasteiger partial charge in [0.25, 0.3) is 0 Å². The summed E-state index contributed by atoms with van der Waals surface area (Å²) in [5.74, 6) is -1.07. The van der Waals surface area contributed by atoms with Gasteiger partial charge in [-0.15, -0.1) is 0 Å². The van der Waals surface area contributed by atoms with E-state index in [1.165, 1.54) is 4.90 Å². The molecule has 2 rings (SSSR count). The van der Waals surface area contributed by atoms with E-state index in [1.807, 2.05) is 0 Å². The van der Waals surface area contributed by atoms with Crippen molar-refractivity contribution in [1.82, 2.24) is 15.1 Å². The molecule has 1 unspecified atom stereocenters. The van der Waals surface area contributed by atoms with Crippen molar-refractivity contribution in [3.63, 3.8) is 0 Å². The maximum atomic E-state index is 12.2. The fourth-order valence-electron chi connectivity index (χ4n) is 2.94. The molecule has 0 spiro atoms. The molecule has 7 heteroatoms. The highest BCUT2D eigenvalue weighted by atomic mass is 16.4. The minimum Gasteiger partial charge on any atom is -0.480 e. The summed E-state index contributed by atoms with van der Waals surface area (Å²) in [6, 6.07) is -1.23. The minimum absolute atomic E-state index is 0.0539. The van der Waals surface area contributed by atoms with E-state index < -0.39 is 18.0 Å². The van der Waals surface area contributed by atoms with Gasteiger partial charge in [-0.1, -0.05) is 12.8 Å². The fourth-order valence-corrected chi connectivity index (χ4v) is 2.94. The third kappa shape index (κ3) is 4.09. The zero-order chi connectivity index (χ0) is 15.2. The number of carboxylic acid groups (broad SMARTS) is 1. The Bertz CT molecular complexity index is 407. The van der Waals surface area contributed by atoms with Crippen LogP contribution in [0.1, 0.15) is 38.5 Å². The number of urea groups is 1. The van der Waals surface area contributed by atoms with Crippen LogP contribution in [0.15, 0.2) is 0 Å². The molecular weight excluding hydrogens is 274 g/mol. The predicted octanol–water partition coefficient (Wildman–Crippen LogP) is 0.648. The van der Waals surface area contributed by atoms with Gasteiger partial charge in [-0.3, -0.25) is 4.79 Å². The van der Waals surface area contributed by atoms with E-state index in [0.717, 1.165) is 45.2 Å². The van der Waals surface area contributed by atoms with Crippen molar-refractivity contribution in [2.45, 2.75) is 44.6 Å². The number of nitrogens with zero attached hydrogens (tertiary/aromatic N) is 2. The molecule has 2 fully saturated rings. The summed E-state index contributed by atoms with van der Waals surface area (Å²) in [7, 11) is 0. The molecule has 0 aromatic heterocycles. The summed E-state index contributed by atoms with van der Waals surface area (Å²) >= 11 is 0. The topological polar surface area (TPSA) is 90.0 Å². The summed E-state index contributed by atoms with van der Waals surface area (Å²) in [6.07, 6.45) is 5.04. The van der Waals surface area contributed by atoms with Gasteiger partial charge in [-0.05, 0) is 25.7 Å². The Kier molecular flexibility index (Phi) is 5.41. The van der Waals surface area contributed by atoms with Gasteiger partial charge in [0.05, 0.1) is 6.54 Å². The molecule has 0 aromatic rings. The van der Waals surface area contributed by atoms with Crippen molar-refractivity contribution < 1.29 is 19.5 Å². The van der Waals surface area contributed by atoms with E-state index >= 15 is 0 Å². The normalized spacial score (nSPS) is 22.8. The van der Waals surface area contributed by atoms with Gasteiger partial charge in [0, 0.05) is 19.6 Å². The zero-order valence-corrected chi connectivity index (χ0v) is 12.2. The molecule has 1 atom stereocenters. The molecule has 2 saturated heterocycles. The van der Waals surface area contributed by atoms with Gasteiger partial charge < -0.3 is 20.2 Å². The van der Waals surface area contributed by atoms with Crippen LogP contribution in [0.4, 0.5) is 4.79 Å². The summed E-state index contributed by atoms with van der Waals surface area (Å²) in [4.78, 5) is 38.4. The van der Waals surface area contributed by atoms with Crippen LogP contribution < -0.4 is 5.32 Å². The number of carboxylic acids is 1. The van der Waals surface area contributed by atoms with Crippen LogP contribution in [0.3, 0.4) is 0 Å². The van der Waals surface area contributed by atoms with Crippen molar-refractivity contribution in [3.8, 4) is 0 Å². The molecule has 0 aliphatic carbocycles. The average Bonchev–Trinajstić information content (AvgIpc) is 2.88.